The number of amides is 1. The monoisotopic (exact) mass is 342 g/mol. The van der Waals surface area contributed by atoms with Gasteiger partial charge in [0.25, 0.3) is 5.91 Å². The average Bonchev–Trinajstić information content (AvgIpc) is 3.11. The lowest BCUT2D eigenvalue weighted by Gasteiger charge is -2.26. The maximum Gasteiger partial charge on any atom is 0.305 e. The molecule has 1 aliphatic rings. The summed E-state index contributed by atoms with van der Waals surface area (Å²) in [4.78, 5) is 25.0. The number of carboxylic acid groups (broad SMARTS) is 1. The molecule has 0 aromatic carbocycles. The molecule has 110 valence electrons. The van der Waals surface area contributed by atoms with Crippen molar-refractivity contribution in [2.24, 2.45) is 0 Å². The standard InChI is InChI=1S/C14H19BrN2O3/c1-9(2)16(6-5-13(18)19)14(20)12-7-10(15)8-17(12)11-3-4-11/h7-9,11H,3-6H2,1-2H3,(H,18,19). The van der Waals surface area contributed by atoms with Crippen molar-refractivity contribution in [2.45, 2.75) is 45.2 Å². The molecule has 5 nitrogen and oxygen atoms in total. The molecule has 1 aromatic heterocycles. The number of halogens is 1. The molecule has 1 saturated carbocycles. The molecule has 1 amide bonds. The zero-order valence-electron chi connectivity index (χ0n) is 11.7. The molecular weight excluding hydrogens is 324 g/mol. The molecule has 0 saturated heterocycles. The molecule has 20 heavy (non-hydrogen) atoms. The van der Waals surface area contributed by atoms with E-state index >= 15 is 0 Å². The number of aliphatic carboxylic acids is 1. The minimum absolute atomic E-state index is 0.0248. The van der Waals surface area contributed by atoms with Crippen LogP contribution in [-0.4, -0.2) is 39.0 Å². The molecule has 1 aromatic rings. The number of aromatic nitrogens is 1. The maximum atomic E-state index is 12.7. The van der Waals surface area contributed by atoms with E-state index in [0.29, 0.717) is 11.7 Å². The Morgan fingerprint density at radius 2 is 2.15 bits per heavy atom. The molecule has 1 aliphatic carbocycles. The quantitative estimate of drug-likeness (QED) is 0.864. The Kier molecular flexibility index (Phi) is 4.52. The van der Waals surface area contributed by atoms with Crippen molar-refractivity contribution in [2.75, 3.05) is 6.54 Å². The normalized spacial score (nSPS) is 14.6. The van der Waals surface area contributed by atoms with Gasteiger partial charge in [-0.15, -0.1) is 0 Å². The zero-order valence-corrected chi connectivity index (χ0v) is 13.3. The van der Waals surface area contributed by atoms with E-state index in [1.54, 1.807) is 4.90 Å². The van der Waals surface area contributed by atoms with E-state index in [2.05, 4.69) is 15.9 Å². The van der Waals surface area contributed by atoms with Gasteiger partial charge in [0.05, 0.1) is 6.42 Å². The summed E-state index contributed by atoms with van der Waals surface area (Å²) in [6, 6.07) is 2.20. The van der Waals surface area contributed by atoms with E-state index in [9.17, 15) is 9.59 Å². The number of carbonyl (C=O) groups excluding carboxylic acids is 1. The summed E-state index contributed by atoms with van der Waals surface area (Å²) in [6.45, 7) is 4.04. The van der Waals surface area contributed by atoms with Crippen LogP contribution in [0.1, 0.15) is 49.6 Å². The zero-order chi connectivity index (χ0) is 14.9. The van der Waals surface area contributed by atoms with Gasteiger partial charge in [0.2, 0.25) is 0 Å². The van der Waals surface area contributed by atoms with Crippen molar-refractivity contribution in [3.8, 4) is 0 Å². The number of carboxylic acids is 1. The predicted octanol–water partition coefficient (Wildman–Crippen LogP) is 2.91. The second-order valence-electron chi connectivity index (χ2n) is 5.42. The fourth-order valence-corrected chi connectivity index (χ4v) is 2.67. The first-order valence-electron chi connectivity index (χ1n) is 6.80. The van der Waals surface area contributed by atoms with Gasteiger partial charge in [-0.1, -0.05) is 0 Å². The van der Waals surface area contributed by atoms with Crippen molar-refractivity contribution < 1.29 is 14.7 Å². The lowest BCUT2D eigenvalue weighted by Crippen LogP contribution is -2.39. The number of nitrogens with zero attached hydrogens (tertiary/aromatic N) is 2. The van der Waals surface area contributed by atoms with Gasteiger partial charge in [0.15, 0.2) is 0 Å². The Morgan fingerprint density at radius 3 is 2.65 bits per heavy atom. The first-order chi connectivity index (χ1) is 9.40. The van der Waals surface area contributed by atoms with Gasteiger partial charge in [-0.05, 0) is 48.7 Å². The molecule has 0 aliphatic heterocycles. The summed E-state index contributed by atoms with van der Waals surface area (Å²) < 4.78 is 2.89. The lowest BCUT2D eigenvalue weighted by molar-refractivity contribution is -0.137. The minimum atomic E-state index is -0.887. The SMILES string of the molecule is CC(C)N(CCC(=O)O)C(=O)c1cc(Br)cn1C1CC1. The third-order valence-corrected chi connectivity index (χ3v) is 3.86. The van der Waals surface area contributed by atoms with Crippen LogP contribution in [0.4, 0.5) is 0 Å². The molecule has 0 unspecified atom stereocenters. The van der Waals surface area contributed by atoms with Gasteiger partial charge in [0.1, 0.15) is 5.69 Å². The largest absolute Gasteiger partial charge is 0.481 e. The minimum Gasteiger partial charge on any atom is -0.481 e. The second-order valence-corrected chi connectivity index (χ2v) is 6.33. The molecule has 1 heterocycles. The topological polar surface area (TPSA) is 62.5 Å². The summed E-state index contributed by atoms with van der Waals surface area (Å²) >= 11 is 3.41. The van der Waals surface area contributed by atoms with Crippen LogP contribution < -0.4 is 0 Å². The third-order valence-electron chi connectivity index (χ3n) is 3.43. The van der Waals surface area contributed by atoms with Crippen LogP contribution in [0, 0.1) is 0 Å². The summed E-state index contributed by atoms with van der Waals surface area (Å²) in [5, 5.41) is 8.80. The number of rotatable bonds is 6. The van der Waals surface area contributed by atoms with E-state index in [-0.39, 0.29) is 24.9 Å². The van der Waals surface area contributed by atoms with Crippen LogP contribution in [0.3, 0.4) is 0 Å². The van der Waals surface area contributed by atoms with E-state index < -0.39 is 5.97 Å². The highest BCUT2D eigenvalue weighted by Gasteiger charge is 2.30. The first kappa shape index (κ1) is 15.1. The Bertz CT molecular complexity index is 520. The summed E-state index contributed by atoms with van der Waals surface area (Å²) in [5.41, 5.74) is 0.637. The van der Waals surface area contributed by atoms with Crippen molar-refractivity contribution in [3.63, 3.8) is 0 Å². The molecule has 6 heteroatoms. The van der Waals surface area contributed by atoms with Gasteiger partial charge < -0.3 is 14.6 Å². The number of hydrogen-bond donors (Lipinski definition) is 1. The summed E-state index contributed by atoms with van der Waals surface area (Å²) in [5.74, 6) is -0.985. The molecule has 0 bridgehead atoms. The molecule has 0 atom stereocenters. The van der Waals surface area contributed by atoms with Crippen LogP contribution in [0.15, 0.2) is 16.7 Å². The van der Waals surface area contributed by atoms with Crippen molar-refractivity contribution in [1.29, 1.82) is 0 Å². The summed E-state index contributed by atoms with van der Waals surface area (Å²) in [7, 11) is 0. The van der Waals surface area contributed by atoms with Gasteiger partial charge in [-0.25, -0.2) is 0 Å². The number of carbonyl (C=O) groups is 2. The summed E-state index contributed by atoms with van der Waals surface area (Å²) in [6.07, 6.45) is 4.09. The predicted molar refractivity (Wildman–Crippen MR) is 78.8 cm³/mol. The van der Waals surface area contributed by atoms with Crippen LogP contribution in [0.25, 0.3) is 0 Å². The molecule has 0 spiro atoms. The van der Waals surface area contributed by atoms with Crippen LogP contribution >= 0.6 is 15.9 Å². The fraction of sp³-hybridized carbons (Fsp3) is 0.571. The second kappa shape index (κ2) is 5.99. The lowest BCUT2D eigenvalue weighted by atomic mass is 10.2. The molecule has 1 N–H and O–H groups in total. The van der Waals surface area contributed by atoms with Gasteiger partial charge >= 0.3 is 5.97 Å². The molecule has 0 radical (unpaired) electrons. The highest BCUT2D eigenvalue weighted by atomic mass is 79.9. The highest BCUT2D eigenvalue weighted by Crippen LogP contribution is 2.37. The van der Waals surface area contributed by atoms with Crippen LogP contribution in [0.2, 0.25) is 0 Å². The molecule has 1 fully saturated rings. The van der Waals surface area contributed by atoms with E-state index in [1.165, 1.54) is 0 Å². The van der Waals surface area contributed by atoms with E-state index in [0.717, 1.165) is 17.3 Å². The smallest absolute Gasteiger partial charge is 0.305 e. The van der Waals surface area contributed by atoms with E-state index in [1.807, 2.05) is 30.7 Å². The maximum absolute atomic E-state index is 12.7. The van der Waals surface area contributed by atoms with Gasteiger partial charge in [0, 0.05) is 29.3 Å². The van der Waals surface area contributed by atoms with Crippen LogP contribution in [0.5, 0.6) is 0 Å². The van der Waals surface area contributed by atoms with E-state index in [4.69, 9.17) is 5.11 Å². The molecular formula is C14H19BrN2O3. The Hall–Kier alpha value is -1.30. The number of hydrogen-bond acceptors (Lipinski definition) is 2. The first-order valence-corrected chi connectivity index (χ1v) is 7.59. The van der Waals surface area contributed by atoms with Crippen molar-refractivity contribution in [1.82, 2.24) is 9.47 Å². The Labute approximate surface area is 126 Å². The van der Waals surface area contributed by atoms with Crippen molar-refractivity contribution in [3.05, 3.63) is 22.4 Å². The van der Waals surface area contributed by atoms with Crippen LogP contribution in [-0.2, 0) is 4.79 Å². The molecule has 2 rings (SSSR count). The Morgan fingerprint density at radius 1 is 1.50 bits per heavy atom. The average molecular weight is 343 g/mol. The van der Waals surface area contributed by atoms with Gasteiger partial charge in [-0.3, -0.25) is 9.59 Å². The van der Waals surface area contributed by atoms with Crippen molar-refractivity contribution >= 4 is 27.8 Å². The third kappa shape index (κ3) is 3.42. The Balaban J connectivity index is 2.20. The fourth-order valence-electron chi connectivity index (χ4n) is 2.23. The highest BCUT2D eigenvalue weighted by molar-refractivity contribution is 9.10. The van der Waals surface area contributed by atoms with Gasteiger partial charge in [-0.2, -0.15) is 0 Å².